The fourth-order valence-electron chi connectivity index (χ4n) is 3.93. The van der Waals surface area contributed by atoms with Gasteiger partial charge in [-0.25, -0.2) is 9.59 Å². The normalized spacial score (nSPS) is 12.1. The van der Waals surface area contributed by atoms with Crippen LogP contribution in [-0.2, 0) is 22.4 Å². The Bertz CT molecular complexity index is 1200. The van der Waals surface area contributed by atoms with Gasteiger partial charge in [0.25, 0.3) is 5.91 Å². The molecule has 1 aliphatic heterocycles. The highest BCUT2D eigenvalue weighted by Gasteiger charge is 2.20. The zero-order valence-corrected chi connectivity index (χ0v) is 18.5. The fraction of sp³-hybridized carbons (Fsp3) is 0.192. The second-order valence-corrected chi connectivity index (χ2v) is 7.69. The van der Waals surface area contributed by atoms with Gasteiger partial charge in [-0.3, -0.25) is 4.79 Å². The van der Waals surface area contributed by atoms with Crippen LogP contribution in [0.5, 0.6) is 0 Å². The number of rotatable bonds is 6. The van der Waals surface area contributed by atoms with E-state index in [4.69, 9.17) is 9.47 Å². The molecule has 4 rings (SSSR count). The zero-order chi connectivity index (χ0) is 23.4. The van der Waals surface area contributed by atoms with Crippen molar-refractivity contribution in [2.45, 2.75) is 13.0 Å². The number of amides is 1. The fourth-order valence-corrected chi connectivity index (χ4v) is 3.93. The first kappa shape index (κ1) is 22.1. The summed E-state index contributed by atoms with van der Waals surface area (Å²) in [4.78, 5) is 39.2. The maximum absolute atomic E-state index is 12.9. The smallest absolute Gasteiger partial charge is 0.339 e. The van der Waals surface area contributed by atoms with E-state index in [-0.39, 0.29) is 16.8 Å². The highest BCUT2D eigenvalue weighted by atomic mass is 16.5. The molecule has 3 aromatic carbocycles. The highest BCUT2D eigenvalue weighted by Crippen LogP contribution is 2.29. The lowest BCUT2D eigenvalue weighted by Crippen LogP contribution is -2.20. The van der Waals surface area contributed by atoms with Crippen LogP contribution >= 0.6 is 0 Å². The van der Waals surface area contributed by atoms with Crippen molar-refractivity contribution in [3.8, 4) is 0 Å². The number of benzene rings is 3. The molecule has 0 aliphatic carbocycles. The van der Waals surface area contributed by atoms with E-state index in [0.717, 1.165) is 25.1 Å². The Labute approximate surface area is 191 Å². The number of anilines is 2. The first-order valence-corrected chi connectivity index (χ1v) is 10.5. The van der Waals surface area contributed by atoms with Crippen molar-refractivity contribution < 1.29 is 23.9 Å². The van der Waals surface area contributed by atoms with Gasteiger partial charge in [-0.05, 0) is 53.9 Å². The molecule has 0 fully saturated rings. The number of esters is 2. The van der Waals surface area contributed by atoms with E-state index < -0.39 is 17.8 Å². The van der Waals surface area contributed by atoms with E-state index >= 15 is 0 Å². The van der Waals surface area contributed by atoms with E-state index in [0.29, 0.717) is 5.56 Å². The van der Waals surface area contributed by atoms with Crippen molar-refractivity contribution in [3.05, 3.63) is 94.5 Å². The lowest BCUT2D eigenvalue weighted by Gasteiger charge is -2.19. The Morgan fingerprint density at radius 2 is 1.58 bits per heavy atom. The molecule has 1 amide bonds. The summed E-state index contributed by atoms with van der Waals surface area (Å²) in [6.07, 6.45) is 1.03. The number of para-hydroxylation sites is 1. The lowest BCUT2D eigenvalue weighted by molar-refractivity contribution is 0.0587. The monoisotopic (exact) mass is 444 g/mol. The number of hydrogen-bond donors (Lipinski definition) is 1. The second kappa shape index (κ2) is 9.56. The van der Waals surface area contributed by atoms with Gasteiger partial charge in [-0.1, -0.05) is 30.3 Å². The molecule has 7 heteroatoms. The molecule has 0 saturated heterocycles. The Morgan fingerprint density at radius 1 is 0.879 bits per heavy atom. The summed E-state index contributed by atoms with van der Waals surface area (Å²) < 4.78 is 9.51. The SMILES string of the molecule is COC(=O)c1ccc(C(=O)OC)c(NC(=O)c2ccc(CN3CCc4ccccc43)cc2)c1. The molecule has 7 nitrogen and oxygen atoms in total. The number of carbonyl (C=O) groups is 3. The molecule has 33 heavy (non-hydrogen) atoms. The first-order valence-electron chi connectivity index (χ1n) is 10.5. The summed E-state index contributed by atoms with van der Waals surface area (Å²) in [6.45, 7) is 1.72. The number of carbonyl (C=O) groups excluding carboxylic acids is 3. The van der Waals surface area contributed by atoms with Crippen LogP contribution in [-0.4, -0.2) is 38.6 Å². The van der Waals surface area contributed by atoms with Gasteiger partial charge in [-0.15, -0.1) is 0 Å². The number of methoxy groups -OCH3 is 2. The van der Waals surface area contributed by atoms with Gasteiger partial charge in [0.2, 0.25) is 0 Å². The van der Waals surface area contributed by atoms with Crippen LogP contribution in [0.15, 0.2) is 66.7 Å². The Morgan fingerprint density at radius 3 is 2.30 bits per heavy atom. The summed E-state index contributed by atoms with van der Waals surface area (Å²) in [6, 6.07) is 20.0. The van der Waals surface area contributed by atoms with Gasteiger partial charge in [0, 0.05) is 24.3 Å². The molecule has 0 radical (unpaired) electrons. The second-order valence-electron chi connectivity index (χ2n) is 7.69. The van der Waals surface area contributed by atoms with Crippen molar-refractivity contribution in [3.63, 3.8) is 0 Å². The molecule has 0 unspecified atom stereocenters. The topological polar surface area (TPSA) is 84.9 Å². The Balaban J connectivity index is 1.50. The molecule has 3 aromatic rings. The van der Waals surface area contributed by atoms with Crippen molar-refractivity contribution in [1.29, 1.82) is 0 Å². The van der Waals surface area contributed by atoms with Crippen LogP contribution in [0.1, 0.15) is 42.2 Å². The molecule has 0 atom stereocenters. The maximum atomic E-state index is 12.9. The van der Waals surface area contributed by atoms with Crippen molar-refractivity contribution in [2.75, 3.05) is 31.0 Å². The largest absolute Gasteiger partial charge is 0.465 e. The van der Waals surface area contributed by atoms with Gasteiger partial charge in [0.15, 0.2) is 0 Å². The number of hydrogen-bond acceptors (Lipinski definition) is 6. The third kappa shape index (κ3) is 4.72. The molecular formula is C26H24N2O5. The predicted molar refractivity (Wildman–Crippen MR) is 125 cm³/mol. The molecule has 1 N–H and O–H groups in total. The molecule has 0 spiro atoms. The van der Waals surface area contributed by atoms with Crippen LogP contribution in [0, 0.1) is 0 Å². The summed E-state index contributed by atoms with van der Waals surface area (Å²) in [7, 11) is 2.51. The molecule has 1 heterocycles. The van der Waals surface area contributed by atoms with E-state index in [1.807, 2.05) is 18.2 Å². The quantitative estimate of drug-likeness (QED) is 0.577. The zero-order valence-electron chi connectivity index (χ0n) is 18.5. The van der Waals surface area contributed by atoms with Gasteiger partial charge < -0.3 is 19.7 Å². The summed E-state index contributed by atoms with van der Waals surface area (Å²) in [5, 5.41) is 2.71. The molecule has 0 bridgehead atoms. The van der Waals surface area contributed by atoms with Crippen LogP contribution in [0.25, 0.3) is 0 Å². The average Bonchev–Trinajstić information content (AvgIpc) is 3.26. The minimum atomic E-state index is -0.622. The molecule has 0 saturated carbocycles. The summed E-state index contributed by atoms with van der Waals surface area (Å²) >= 11 is 0. The van der Waals surface area contributed by atoms with Crippen LogP contribution < -0.4 is 10.2 Å². The van der Waals surface area contributed by atoms with E-state index in [1.54, 1.807) is 12.1 Å². The van der Waals surface area contributed by atoms with Gasteiger partial charge in [0.05, 0.1) is 31.0 Å². The maximum Gasteiger partial charge on any atom is 0.339 e. The minimum absolute atomic E-state index is 0.142. The number of nitrogens with zero attached hydrogens (tertiary/aromatic N) is 1. The number of nitrogens with one attached hydrogen (secondary N) is 1. The van der Waals surface area contributed by atoms with E-state index in [1.165, 1.54) is 43.7 Å². The predicted octanol–water partition coefficient (Wildman–Crippen LogP) is 4.07. The lowest BCUT2D eigenvalue weighted by atomic mass is 10.1. The minimum Gasteiger partial charge on any atom is -0.465 e. The van der Waals surface area contributed by atoms with Gasteiger partial charge >= 0.3 is 11.9 Å². The van der Waals surface area contributed by atoms with Gasteiger partial charge in [0.1, 0.15) is 0 Å². The van der Waals surface area contributed by atoms with Gasteiger partial charge in [-0.2, -0.15) is 0 Å². The molecule has 168 valence electrons. The standard InChI is InChI=1S/C26H24N2O5/c1-32-25(30)20-11-12-21(26(31)33-2)22(15-20)27-24(29)19-9-7-17(8-10-19)16-28-14-13-18-5-3-4-6-23(18)28/h3-12,15H,13-14,16H2,1-2H3,(H,27,29). The van der Waals surface area contributed by atoms with E-state index in [2.05, 4.69) is 28.4 Å². The Kier molecular flexibility index (Phi) is 6.40. The van der Waals surface area contributed by atoms with Crippen LogP contribution in [0.4, 0.5) is 11.4 Å². The third-order valence-electron chi connectivity index (χ3n) is 5.67. The Hall–Kier alpha value is -4.13. The van der Waals surface area contributed by atoms with Crippen LogP contribution in [0.3, 0.4) is 0 Å². The van der Waals surface area contributed by atoms with Crippen molar-refractivity contribution in [1.82, 2.24) is 0 Å². The molecular weight excluding hydrogens is 420 g/mol. The highest BCUT2D eigenvalue weighted by molar-refractivity contribution is 6.09. The summed E-state index contributed by atoms with van der Waals surface area (Å²) in [5.41, 5.74) is 4.65. The molecule has 1 aliphatic rings. The van der Waals surface area contributed by atoms with Crippen molar-refractivity contribution in [2.24, 2.45) is 0 Å². The first-order chi connectivity index (χ1) is 16.0. The number of fused-ring (bicyclic) bond motifs is 1. The summed E-state index contributed by atoms with van der Waals surface area (Å²) in [5.74, 6) is -1.60. The van der Waals surface area contributed by atoms with Crippen LogP contribution in [0.2, 0.25) is 0 Å². The van der Waals surface area contributed by atoms with Crippen molar-refractivity contribution >= 4 is 29.2 Å². The molecule has 0 aromatic heterocycles. The number of ether oxygens (including phenoxy) is 2. The third-order valence-corrected chi connectivity index (χ3v) is 5.67. The average molecular weight is 444 g/mol. The van der Waals surface area contributed by atoms with E-state index in [9.17, 15) is 14.4 Å².